The van der Waals surface area contributed by atoms with Gasteiger partial charge in [-0.25, -0.2) is 4.98 Å². The van der Waals surface area contributed by atoms with Gasteiger partial charge in [-0.15, -0.1) is 11.3 Å². The average Bonchev–Trinajstić information content (AvgIpc) is 2.73. The van der Waals surface area contributed by atoms with E-state index >= 15 is 0 Å². The largest absolute Gasteiger partial charge is 0.387 e. The molecule has 0 amide bonds. The van der Waals surface area contributed by atoms with E-state index in [2.05, 4.69) is 22.1 Å². The number of pyridine rings is 1. The second-order valence-electron chi connectivity index (χ2n) is 4.87. The molecule has 1 aliphatic carbocycles. The zero-order chi connectivity index (χ0) is 12.7. The Labute approximate surface area is 111 Å². The van der Waals surface area contributed by atoms with Gasteiger partial charge in [-0.1, -0.05) is 0 Å². The topological polar surface area (TPSA) is 46.0 Å². The van der Waals surface area contributed by atoms with Crippen molar-refractivity contribution >= 4 is 11.3 Å². The first-order valence-corrected chi connectivity index (χ1v) is 7.08. The number of rotatable bonds is 1. The highest BCUT2D eigenvalue weighted by Crippen LogP contribution is 2.37. The molecule has 2 aromatic heterocycles. The molecule has 0 fully saturated rings. The van der Waals surface area contributed by atoms with Crippen LogP contribution in [0.3, 0.4) is 0 Å². The van der Waals surface area contributed by atoms with Crippen LogP contribution in [0, 0.1) is 13.8 Å². The highest BCUT2D eigenvalue weighted by molar-refractivity contribution is 7.15. The van der Waals surface area contributed by atoms with E-state index in [1.807, 2.05) is 13.8 Å². The van der Waals surface area contributed by atoms with Crippen LogP contribution >= 0.6 is 11.3 Å². The van der Waals surface area contributed by atoms with Gasteiger partial charge in [0.2, 0.25) is 0 Å². The molecular formula is C14H16N2OS. The Hall–Kier alpha value is -1.26. The maximum Gasteiger partial charge on any atom is 0.124 e. The van der Waals surface area contributed by atoms with Crippen LogP contribution < -0.4 is 0 Å². The van der Waals surface area contributed by atoms with Gasteiger partial charge < -0.3 is 5.11 Å². The van der Waals surface area contributed by atoms with Crippen LogP contribution in [0.4, 0.5) is 0 Å². The molecule has 0 aromatic carbocycles. The quantitative estimate of drug-likeness (QED) is 0.856. The Balaban J connectivity index is 2.07. The van der Waals surface area contributed by atoms with Gasteiger partial charge in [0.25, 0.3) is 0 Å². The van der Waals surface area contributed by atoms with Gasteiger partial charge in [0.15, 0.2) is 0 Å². The summed E-state index contributed by atoms with van der Waals surface area (Å²) >= 11 is 1.71. The first-order valence-electron chi connectivity index (χ1n) is 6.27. The fourth-order valence-electron chi connectivity index (χ4n) is 2.48. The predicted molar refractivity (Wildman–Crippen MR) is 72.7 cm³/mol. The third kappa shape index (κ3) is 2.06. The number of fused-ring (bicyclic) bond motifs is 1. The van der Waals surface area contributed by atoms with E-state index < -0.39 is 0 Å². The van der Waals surface area contributed by atoms with Crippen molar-refractivity contribution in [1.29, 1.82) is 0 Å². The van der Waals surface area contributed by atoms with Crippen LogP contribution in [0.25, 0.3) is 10.6 Å². The molecule has 0 aliphatic heterocycles. The van der Waals surface area contributed by atoms with Crippen molar-refractivity contribution in [1.82, 2.24) is 9.97 Å². The van der Waals surface area contributed by atoms with E-state index in [-0.39, 0.29) is 6.10 Å². The lowest BCUT2D eigenvalue weighted by atomic mass is 10.0. The molecule has 3 nitrogen and oxygen atoms in total. The predicted octanol–water partition coefficient (Wildman–Crippen LogP) is 3.19. The Morgan fingerprint density at radius 2 is 1.94 bits per heavy atom. The van der Waals surface area contributed by atoms with Crippen molar-refractivity contribution in [2.24, 2.45) is 0 Å². The summed E-state index contributed by atoms with van der Waals surface area (Å²) in [6.45, 7) is 4.00. The number of hydrogen-bond donors (Lipinski definition) is 1. The van der Waals surface area contributed by atoms with E-state index in [1.165, 1.54) is 4.88 Å². The molecule has 0 saturated heterocycles. The lowest BCUT2D eigenvalue weighted by Gasteiger charge is -2.14. The first-order chi connectivity index (χ1) is 8.63. The van der Waals surface area contributed by atoms with E-state index in [0.29, 0.717) is 0 Å². The fourth-order valence-corrected chi connectivity index (χ4v) is 3.62. The molecule has 3 rings (SSSR count). The Bertz CT molecular complexity index is 571. The second kappa shape index (κ2) is 4.44. The van der Waals surface area contributed by atoms with Crippen molar-refractivity contribution in [3.05, 3.63) is 34.1 Å². The minimum absolute atomic E-state index is 0.372. The highest BCUT2D eigenvalue weighted by atomic mass is 32.1. The molecule has 0 bridgehead atoms. The smallest absolute Gasteiger partial charge is 0.124 e. The molecule has 2 heterocycles. The summed E-state index contributed by atoms with van der Waals surface area (Å²) in [5.41, 5.74) is 4.04. The van der Waals surface area contributed by atoms with E-state index in [4.69, 9.17) is 0 Å². The Kier molecular flexibility index (Phi) is 2.92. The average molecular weight is 260 g/mol. The van der Waals surface area contributed by atoms with Gasteiger partial charge in [0.1, 0.15) is 5.01 Å². The van der Waals surface area contributed by atoms with Crippen molar-refractivity contribution in [3.8, 4) is 10.6 Å². The molecule has 18 heavy (non-hydrogen) atoms. The minimum atomic E-state index is -0.372. The number of hydrogen-bond acceptors (Lipinski definition) is 4. The SMILES string of the molecule is Cc1cc(-c2nc3c(s2)CCCC3O)cc(C)n1. The third-order valence-corrected chi connectivity index (χ3v) is 4.43. The van der Waals surface area contributed by atoms with Crippen LogP contribution in [-0.4, -0.2) is 15.1 Å². The summed E-state index contributed by atoms with van der Waals surface area (Å²) in [4.78, 5) is 10.3. The molecule has 1 N–H and O–H groups in total. The number of aryl methyl sites for hydroxylation is 3. The van der Waals surface area contributed by atoms with Crippen molar-refractivity contribution in [3.63, 3.8) is 0 Å². The summed E-state index contributed by atoms with van der Waals surface area (Å²) < 4.78 is 0. The zero-order valence-electron chi connectivity index (χ0n) is 10.6. The number of thiazole rings is 1. The summed E-state index contributed by atoms with van der Waals surface area (Å²) in [5, 5.41) is 11.0. The lowest BCUT2D eigenvalue weighted by Crippen LogP contribution is -2.07. The van der Waals surface area contributed by atoms with E-state index in [0.717, 1.165) is 46.9 Å². The van der Waals surface area contributed by atoms with Gasteiger partial charge in [-0.3, -0.25) is 4.98 Å². The maximum atomic E-state index is 9.96. The normalized spacial score (nSPS) is 18.7. The van der Waals surface area contributed by atoms with Crippen molar-refractivity contribution in [2.75, 3.05) is 0 Å². The third-order valence-electron chi connectivity index (χ3n) is 3.25. The summed E-state index contributed by atoms with van der Waals surface area (Å²) in [6.07, 6.45) is 2.57. The van der Waals surface area contributed by atoms with Crippen LogP contribution in [-0.2, 0) is 6.42 Å². The Morgan fingerprint density at radius 3 is 2.61 bits per heavy atom. The molecule has 94 valence electrons. The molecular weight excluding hydrogens is 244 g/mol. The molecule has 0 radical (unpaired) electrons. The van der Waals surface area contributed by atoms with Gasteiger partial charge in [-0.2, -0.15) is 0 Å². The van der Waals surface area contributed by atoms with Crippen molar-refractivity contribution in [2.45, 2.75) is 39.2 Å². The molecule has 0 spiro atoms. The number of aliphatic hydroxyl groups excluding tert-OH is 1. The molecule has 4 heteroatoms. The van der Waals surface area contributed by atoms with Crippen molar-refractivity contribution < 1.29 is 5.11 Å². The zero-order valence-corrected chi connectivity index (χ0v) is 11.4. The van der Waals surface area contributed by atoms with Gasteiger partial charge >= 0.3 is 0 Å². The molecule has 1 unspecified atom stereocenters. The Morgan fingerprint density at radius 1 is 1.22 bits per heavy atom. The minimum Gasteiger partial charge on any atom is -0.387 e. The first kappa shape index (κ1) is 11.8. The monoisotopic (exact) mass is 260 g/mol. The van der Waals surface area contributed by atoms with Crippen LogP contribution in [0.5, 0.6) is 0 Å². The second-order valence-corrected chi connectivity index (χ2v) is 5.96. The van der Waals surface area contributed by atoms with E-state index in [1.54, 1.807) is 11.3 Å². The number of aromatic nitrogens is 2. The molecule has 2 aromatic rings. The molecule has 1 aliphatic rings. The summed E-state index contributed by atoms with van der Waals surface area (Å²) in [5.74, 6) is 0. The summed E-state index contributed by atoms with van der Waals surface area (Å²) in [6, 6.07) is 4.12. The number of nitrogens with zero attached hydrogens (tertiary/aromatic N) is 2. The highest BCUT2D eigenvalue weighted by Gasteiger charge is 2.23. The summed E-state index contributed by atoms with van der Waals surface area (Å²) in [7, 11) is 0. The van der Waals surface area contributed by atoms with Crippen LogP contribution in [0.2, 0.25) is 0 Å². The number of aliphatic hydroxyl groups is 1. The lowest BCUT2D eigenvalue weighted by molar-refractivity contribution is 0.153. The van der Waals surface area contributed by atoms with Gasteiger partial charge in [-0.05, 0) is 45.2 Å². The van der Waals surface area contributed by atoms with E-state index in [9.17, 15) is 5.11 Å². The molecule has 0 saturated carbocycles. The van der Waals surface area contributed by atoms with Crippen LogP contribution in [0.1, 0.15) is 40.9 Å². The van der Waals surface area contributed by atoms with Gasteiger partial charge in [0.05, 0.1) is 11.8 Å². The molecule has 1 atom stereocenters. The van der Waals surface area contributed by atoms with Crippen LogP contribution in [0.15, 0.2) is 12.1 Å². The van der Waals surface area contributed by atoms with Gasteiger partial charge in [0, 0.05) is 21.8 Å². The fraction of sp³-hybridized carbons (Fsp3) is 0.429. The standard InChI is InChI=1S/C14H16N2OS/c1-8-6-10(7-9(2)15-8)14-16-13-11(17)4-3-5-12(13)18-14/h6-7,11,17H,3-5H2,1-2H3. The maximum absolute atomic E-state index is 9.96.